The van der Waals surface area contributed by atoms with Crippen LogP contribution < -0.4 is 0 Å². The summed E-state index contributed by atoms with van der Waals surface area (Å²) in [6.45, 7) is 6.55. The van der Waals surface area contributed by atoms with Crippen molar-refractivity contribution in [3.63, 3.8) is 0 Å². The first-order chi connectivity index (χ1) is 9.86. The maximum Gasteiger partial charge on any atom is 0.233 e. The molecule has 1 saturated heterocycles. The number of nitrogens with zero attached hydrogens (tertiary/aromatic N) is 1. The Morgan fingerprint density at radius 1 is 1.52 bits per heavy atom. The molecule has 1 aromatic rings. The van der Waals surface area contributed by atoms with Gasteiger partial charge in [0.05, 0.1) is 30.8 Å². The van der Waals surface area contributed by atoms with Crippen LogP contribution >= 0.6 is 11.6 Å². The second kappa shape index (κ2) is 6.34. The molecule has 0 aliphatic carbocycles. The normalized spacial score (nSPS) is 23.2. The molecule has 21 heavy (non-hydrogen) atoms. The third-order valence-electron chi connectivity index (χ3n) is 4.05. The van der Waals surface area contributed by atoms with E-state index in [2.05, 4.69) is 0 Å². The van der Waals surface area contributed by atoms with Crippen molar-refractivity contribution in [2.45, 2.75) is 38.3 Å². The lowest BCUT2D eigenvalue weighted by atomic mass is 9.82. The maximum atomic E-state index is 12.9. The molecule has 1 aromatic carbocycles. The molecular weight excluding hydrogens is 290 g/mol. The maximum absolute atomic E-state index is 12.9. The van der Waals surface area contributed by atoms with E-state index < -0.39 is 5.41 Å². The fourth-order valence-corrected chi connectivity index (χ4v) is 2.76. The van der Waals surface area contributed by atoms with Crippen molar-refractivity contribution >= 4 is 17.5 Å². The lowest BCUT2D eigenvalue weighted by Gasteiger charge is -2.41. The van der Waals surface area contributed by atoms with Crippen LogP contribution in [0, 0.1) is 0 Å². The van der Waals surface area contributed by atoms with Crippen LogP contribution in [0.1, 0.15) is 26.3 Å². The van der Waals surface area contributed by atoms with E-state index in [4.69, 9.17) is 16.3 Å². The molecule has 1 aliphatic rings. The number of carbonyl (C=O) groups excluding carboxylic acids is 1. The zero-order valence-corrected chi connectivity index (χ0v) is 13.4. The number of amides is 1. The fraction of sp³-hybridized carbons (Fsp3) is 0.562. The van der Waals surface area contributed by atoms with Gasteiger partial charge < -0.3 is 14.7 Å². The first kappa shape index (κ1) is 16.3. The van der Waals surface area contributed by atoms with Gasteiger partial charge in [-0.25, -0.2) is 0 Å². The number of rotatable bonds is 3. The summed E-state index contributed by atoms with van der Waals surface area (Å²) >= 11 is 6.04. The average molecular weight is 312 g/mol. The second-order valence-corrected chi connectivity index (χ2v) is 6.52. The summed E-state index contributed by atoms with van der Waals surface area (Å²) in [5, 5.41) is 9.87. The highest BCUT2D eigenvalue weighted by molar-refractivity contribution is 6.30. The molecule has 116 valence electrons. The monoisotopic (exact) mass is 311 g/mol. The SMILES string of the molecule is CC1COC(CO)CN1C(=O)C(C)(C)c1cccc(Cl)c1. The lowest BCUT2D eigenvalue weighted by Crippen LogP contribution is -2.56. The molecule has 1 fully saturated rings. The van der Waals surface area contributed by atoms with Crippen LogP contribution in [0.5, 0.6) is 0 Å². The van der Waals surface area contributed by atoms with Gasteiger partial charge in [-0.1, -0.05) is 23.7 Å². The molecule has 2 atom stereocenters. The molecule has 4 nitrogen and oxygen atoms in total. The molecule has 5 heteroatoms. The Kier molecular flexibility index (Phi) is 4.91. The minimum atomic E-state index is -0.670. The van der Waals surface area contributed by atoms with E-state index in [1.54, 1.807) is 11.0 Å². The van der Waals surface area contributed by atoms with E-state index >= 15 is 0 Å². The van der Waals surface area contributed by atoms with E-state index in [1.165, 1.54) is 0 Å². The quantitative estimate of drug-likeness (QED) is 0.931. The summed E-state index contributed by atoms with van der Waals surface area (Å²) in [5.74, 6) is 0.0269. The minimum Gasteiger partial charge on any atom is -0.394 e. The molecule has 2 rings (SSSR count). The number of aliphatic hydroxyl groups is 1. The van der Waals surface area contributed by atoms with Gasteiger partial charge in [0.1, 0.15) is 0 Å². The highest BCUT2D eigenvalue weighted by atomic mass is 35.5. The predicted octanol–water partition coefficient (Wildman–Crippen LogP) is 2.23. The fourth-order valence-electron chi connectivity index (χ4n) is 2.57. The van der Waals surface area contributed by atoms with Gasteiger partial charge in [0.25, 0.3) is 0 Å². The minimum absolute atomic E-state index is 0.00115. The van der Waals surface area contributed by atoms with Gasteiger partial charge in [-0.3, -0.25) is 4.79 Å². The van der Waals surface area contributed by atoms with Crippen molar-refractivity contribution in [1.82, 2.24) is 4.90 Å². The molecule has 1 aliphatic heterocycles. The predicted molar refractivity (Wildman–Crippen MR) is 82.5 cm³/mol. The third kappa shape index (κ3) is 3.39. The smallest absolute Gasteiger partial charge is 0.233 e. The van der Waals surface area contributed by atoms with Crippen molar-refractivity contribution in [2.24, 2.45) is 0 Å². The summed E-state index contributed by atoms with van der Waals surface area (Å²) in [7, 11) is 0. The highest BCUT2D eigenvalue weighted by Crippen LogP contribution is 2.29. The zero-order chi connectivity index (χ0) is 15.6. The summed E-state index contributed by atoms with van der Waals surface area (Å²) in [5.41, 5.74) is 0.218. The Morgan fingerprint density at radius 2 is 2.24 bits per heavy atom. The number of carbonyl (C=O) groups is 1. The van der Waals surface area contributed by atoms with Gasteiger partial charge in [0.15, 0.2) is 0 Å². The Morgan fingerprint density at radius 3 is 2.86 bits per heavy atom. The van der Waals surface area contributed by atoms with Crippen LogP contribution in [-0.2, 0) is 14.9 Å². The van der Waals surface area contributed by atoms with Gasteiger partial charge in [0.2, 0.25) is 5.91 Å². The molecule has 2 unspecified atom stereocenters. The van der Waals surface area contributed by atoms with E-state index in [9.17, 15) is 9.90 Å². The van der Waals surface area contributed by atoms with Gasteiger partial charge in [-0.05, 0) is 38.5 Å². The summed E-state index contributed by atoms with van der Waals surface area (Å²) in [4.78, 5) is 14.7. The lowest BCUT2D eigenvalue weighted by molar-refractivity contribution is -0.151. The van der Waals surface area contributed by atoms with Crippen LogP contribution in [0.3, 0.4) is 0 Å². The largest absolute Gasteiger partial charge is 0.394 e. The summed E-state index contributed by atoms with van der Waals surface area (Å²) in [6, 6.07) is 7.39. The van der Waals surface area contributed by atoms with Crippen molar-refractivity contribution in [3.05, 3.63) is 34.9 Å². The third-order valence-corrected chi connectivity index (χ3v) is 4.29. The van der Waals surface area contributed by atoms with Gasteiger partial charge in [0, 0.05) is 11.6 Å². The van der Waals surface area contributed by atoms with Gasteiger partial charge >= 0.3 is 0 Å². The molecule has 1 heterocycles. The van der Waals surface area contributed by atoms with E-state index in [0.29, 0.717) is 18.2 Å². The average Bonchev–Trinajstić information content (AvgIpc) is 2.47. The Bertz CT molecular complexity index is 518. The number of morpholine rings is 1. The number of ether oxygens (including phenoxy) is 1. The number of aliphatic hydroxyl groups excluding tert-OH is 1. The van der Waals surface area contributed by atoms with Crippen LogP contribution in [0.2, 0.25) is 5.02 Å². The summed E-state index contributed by atoms with van der Waals surface area (Å²) < 4.78 is 5.49. The Hall–Kier alpha value is -1.10. The molecule has 0 radical (unpaired) electrons. The molecule has 0 saturated carbocycles. The van der Waals surface area contributed by atoms with E-state index in [0.717, 1.165) is 5.56 Å². The molecular formula is C16H22ClNO3. The van der Waals surface area contributed by atoms with Crippen LogP contribution in [0.25, 0.3) is 0 Å². The van der Waals surface area contributed by atoms with Crippen LogP contribution in [-0.4, -0.2) is 47.8 Å². The Balaban J connectivity index is 2.24. The highest BCUT2D eigenvalue weighted by Gasteiger charge is 2.38. The van der Waals surface area contributed by atoms with Crippen molar-refractivity contribution in [2.75, 3.05) is 19.8 Å². The zero-order valence-electron chi connectivity index (χ0n) is 12.7. The molecule has 1 amide bonds. The first-order valence-electron chi connectivity index (χ1n) is 7.16. The molecule has 0 bridgehead atoms. The van der Waals surface area contributed by atoms with Crippen molar-refractivity contribution in [1.29, 1.82) is 0 Å². The summed E-state index contributed by atoms with van der Waals surface area (Å²) in [6.07, 6.45) is -0.305. The van der Waals surface area contributed by atoms with Crippen LogP contribution in [0.15, 0.2) is 24.3 Å². The van der Waals surface area contributed by atoms with Crippen LogP contribution in [0.4, 0.5) is 0 Å². The second-order valence-electron chi connectivity index (χ2n) is 6.08. The number of halogens is 1. The number of hydrogen-bond donors (Lipinski definition) is 1. The molecule has 0 aromatic heterocycles. The molecule has 1 N–H and O–H groups in total. The Labute approximate surface area is 130 Å². The van der Waals surface area contributed by atoms with Gasteiger partial charge in [-0.15, -0.1) is 0 Å². The molecule has 0 spiro atoms. The number of hydrogen-bond acceptors (Lipinski definition) is 3. The standard InChI is InChI=1S/C16H22ClNO3/c1-11-10-21-14(9-19)8-18(11)15(20)16(2,3)12-5-4-6-13(17)7-12/h4-7,11,14,19H,8-10H2,1-3H3. The van der Waals surface area contributed by atoms with Gasteiger partial charge in [-0.2, -0.15) is 0 Å². The van der Waals surface area contributed by atoms with Crippen molar-refractivity contribution in [3.8, 4) is 0 Å². The van der Waals surface area contributed by atoms with Crippen molar-refractivity contribution < 1.29 is 14.6 Å². The van der Waals surface area contributed by atoms with E-state index in [-0.39, 0.29) is 24.7 Å². The topological polar surface area (TPSA) is 49.8 Å². The first-order valence-corrected chi connectivity index (χ1v) is 7.53. The van der Waals surface area contributed by atoms with E-state index in [1.807, 2.05) is 39.0 Å². The number of benzene rings is 1.